The second kappa shape index (κ2) is 4.98. The van der Waals surface area contributed by atoms with E-state index in [0.29, 0.717) is 12.0 Å². The summed E-state index contributed by atoms with van der Waals surface area (Å²) in [6.45, 7) is 6.10. The van der Waals surface area contributed by atoms with Gasteiger partial charge in [-0.3, -0.25) is 0 Å². The van der Waals surface area contributed by atoms with Gasteiger partial charge in [0.25, 0.3) is 0 Å². The van der Waals surface area contributed by atoms with Crippen molar-refractivity contribution < 1.29 is 4.74 Å². The molecule has 0 spiro atoms. The van der Waals surface area contributed by atoms with Gasteiger partial charge in [-0.2, -0.15) is 0 Å². The molecular weight excluding hydrogens is 198 g/mol. The summed E-state index contributed by atoms with van der Waals surface area (Å²) in [7, 11) is 2.01. The predicted molar refractivity (Wildman–Crippen MR) is 66.9 cm³/mol. The molecule has 1 unspecified atom stereocenters. The third-order valence-electron chi connectivity index (χ3n) is 3.36. The van der Waals surface area contributed by atoms with Crippen molar-refractivity contribution in [2.24, 2.45) is 0 Å². The average molecular weight is 219 g/mol. The number of benzene rings is 1. The summed E-state index contributed by atoms with van der Waals surface area (Å²) < 4.78 is 5.62. The number of fused-ring (bicyclic) bond motifs is 1. The van der Waals surface area contributed by atoms with Crippen LogP contribution in [0, 0.1) is 0 Å². The van der Waals surface area contributed by atoms with Gasteiger partial charge >= 0.3 is 0 Å². The summed E-state index contributed by atoms with van der Waals surface area (Å²) in [5, 5.41) is 3.34. The Morgan fingerprint density at radius 3 is 2.88 bits per heavy atom. The zero-order chi connectivity index (χ0) is 11.5. The molecule has 2 nitrogen and oxygen atoms in total. The van der Waals surface area contributed by atoms with Crippen LogP contribution >= 0.6 is 0 Å². The largest absolute Gasteiger partial charge is 0.379 e. The third kappa shape index (κ3) is 2.28. The van der Waals surface area contributed by atoms with Gasteiger partial charge in [-0.1, -0.05) is 32.0 Å². The van der Waals surface area contributed by atoms with Crippen molar-refractivity contribution in [3.63, 3.8) is 0 Å². The van der Waals surface area contributed by atoms with Crippen LogP contribution < -0.4 is 5.32 Å². The van der Waals surface area contributed by atoms with Crippen LogP contribution in [0.25, 0.3) is 0 Å². The Bertz CT molecular complexity index is 360. The summed E-state index contributed by atoms with van der Waals surface area (Å²) >= 11 is 0. The molecule has 1 aliphatic rings. The van der Waals surface area contributed by atoms with E-state index in [0.717, 1.165) is 19.6 Å². The number of nitrogens with one attached hydrogen (secondary N) is 1. The van der Waals surface area contributed by atoms with E-state index in [2.05, 4.69) is 37.4 Å². The van der Waals surface area contributed by atoms with E-state index in [-0.39, 0.29) is 0 Å². The van der Waals surface area contributed by atoms with E-state index in [1.807, 2.05) is 7.05 Å². The van der Waals surface area contributed by atoms with Gasteiger partial charge in [0.05, 0.1) is 19.3 Å². The molecule has 1 N–H and O–H groups in total. The maximum Gasteiger partial charge on any atom is 0.0661 e. The number of ether oxygens (including phenoxy) is 1. The van der Waals surface area contributed by atoms with Crippen LogP contribution in [0.5, 0.6) is 0 Å². The zero-order valence-electron chi connectivity index (χ0n) is 10.4. The summed E-state index contributed by atoms with van der Waals surface area (Å²) in [5.74, 6) is 0.590. The van der Waals surface area contributed by atoms with Crippen LogP contribution in [-0.2, 0) is 11.2 Å². The highest BCUT2D eigenvalue weighted by atomic mass is 16.5. The fourth-order valence-corrected chi connectivity index (χ4v) is 2.24. The van der Waals surface area contributed by atoms with Gasteiger partial charge in [-0.25, -0.2) is 0 Å². The summed E-state index contributed by atoms with van der Waals surface area (Å²) in [5.41, 5.74) is 4.27. The molecular formula is C14H21NO. The first-order valence-electron chi connectivity index (χ1n) is 6.10. The molecule has 16 heavy (non-hydrogen) atoms. The second-order valence-electron chi connectivity index (χ2n) is 4.78. The van der Waals surface area contributed by atoms with Gasteiger partial charge in [0.15, 0.2) is 0 Å². The minimum Gasteiger partial charge on any atom is -0.379 e. The van der Waals surface area contributed by atoms with Gasteiger partial charge in [-0.15, -0.1) is 0 Å². The lowest BCUT2D eigenvalue weighted by Gasteiger charge is -2.18. The molecule has 1 aliphatic heterocycles. The summed E-state index contributed by atoms with van der Waals surface area (Å²) in [6.07, 6.45) is 1.03. The standard InChI is InChI=1S/C14H21NO/c1-10(2)12-5-4-11-6-7-16-9-14(15-3)13(11)8-12/h4-5,8,10,14-15H,6-7,9H2,1-3H3. The Morgan fingerprint density at radius 1 is 1.38 bits per heavy atom. The molecule has 1 heterocycles. The molecule has 0 aliphatic carbocycles. The van der Waals surface area contributed by atoms with Gasteiger partial charge in [0, 0.05) is 0 Å². The molecule has 0 fully saturated rings. The summed E-state index contributed by atoms with van der Waals surface area (Å²) in [6, 6.07) is 7.21. The van der Waals surface area contributed by atoms with Crippen LogP contribution in [-0.4, -0.2) is 20.3 Å². The molecule has 1 aromatic rings. The lowest BCUT2D eigenvalue weighted by atomic mass is 9.93. The number of hydrogen-bond donors (Lipinski definition) is 1. The fourth-order valence-electron chi connectivity index (χ4n) is 2.24. The van der Waals surface area contributed by atoms with E-state index >= 15 is 0 Å². The average Bonchev–Trinajstić information content (AvgIpc) is 2.49. The number of rotatable bonds is 2. The van der Waals surface area contributed by atoms with Crippen LogP contribution in [0.2, 0.25) is 0 Å². The third-order valence-corrected chi connectivity index (χ3v) is 3.36. The molecule has 0 saturated heterocycles. The number of likely N-dealkylation sites (N-methyl/N-ethyl adjacent to an activating group) is 1. The van der Waals surface area contributed by atoms with Crippen molar-refractivity contribution in [1.82, 2.24) is 5.32 Å². The SMILES string of the molecule is CNC1COCCc2ccc(C(C)C)cc21. The molecule has 0 aromatic heterocycles. The maximum atomic E-state index is 5.62. The molecule has 1 aromatic carbocycles. The first-order chi connectivity index (χ1) is 7.72. The monoisotopic (exact) mass is 219 g/mol. The Hall–Kier alpha value is -0.860. The topological polar surface area (TPSA) is 21.3 Å². The normalized spacial score (nSPS) is 20.6. The lowest BCUT2D eigenvalue weighted by Crippen LogP contribution is -2.21. The second-order valence-corrected chi connectivity index (χ2v) is 4.78. The van der Waals surface area contributed by atoms with E-state index in [1.165, 1.54) is 16.7 Å². The quantitative estimate of drug-likeness (QED) is 0.825. The zero-order valence-corrected chi connectivity index (χ0v) is 10.4. The maximum absolute atomic E-state index is 5.62. The van der Waals surface area contributed by atoms with E-state index in [9.17, 15) is 0 Å². The molecule has 0 saturated carbocycles. The Kier molecular flexibility index (Phi) is 3.62. The molecule has 2 heteroatoms. The van der Waals surface area contributed by atoms with Crippen molar-refractivity contribution in [3.05, 3.63) is 34.9 Å². The fraction of sp³-hybridized carbons (Fsp3) is 0.571. The summed E-state index contributed by atoms with van der Waals surface area (Å²) in [4.78, 5) is 0. The molecule has 88 valence electrons. The van der Waals surface area contributed by atoms with Crippen molar-refractivity contribution in [1.29, 1.82) is 0 Å². The highest BCUT2D eigenvalue weighted by molar-refractivity contribution is 5.36. The van der Waals surface area contributed by atoms with Crippen LogP contribution in [0.3, 0.4) is 0 Å². The van der Waals surface area contributed by atoms with Crippen molar-refractivity contribution in [3.8, 4) is 0 Å². The van der Waals surface area contributed by atoms with Crippen molar-refractivity contribution in [2.75, 3.05) is 20.3 Å². The van der Waals surface area contributed by atoms with Crippen molar-refractivity contribution >= 4 is 0 Å². The van der Waals surface area contributed by atoms with Gasteiger partial charge in [-0.05, 0) is 36.1 Å². The van der Waals surface area contributed by atoms with Crippen LogP contribution in [0.1, 0.15) is 42.5 Å². The smallest absolute Gasteiger partial charge is 0.0661 e. The van der Waals surface area contributed by atoms with Crippen LogP contribution in [0.15, 0.2) is 18.2 Å². The number of hydrogen-bond acceptors (Lipinski definition) is 2. The van der Waals surface area contributed by atoms with Crippen molar-refractivity contribution in [2.45, 2.75) is 32.2 Å². The van der Waals surface area contributed by atoms with Gasteiger partial charge in [0.2, 0.25) is 0 Å². The highest BCUT2D eigenvalue weighted by Crippen LogP contribution is 2.26. The molecule has 1 atom stereocenters. The van der Waals surface area contributed by atoms with Gasteiger partial charge in [0.1, 0.15) is 0 Å². The Morgan fingerprint density at radius 2 is 2.19 bits per heavy atom. The minimum absolute atomic E-state index is 0.344. The minimum atomic E-state index is 0.344. The van der Waals surface area contributed by atoms with E-state index in [4.69, 9.17) is 4.74 Å². The molecule has 0 bridgehead atoms. The molecule has 0 radical (unpaired) electrons. The Balaban J connectivity index is 2.39. The van der Waals surface area contributed by atoms with E-state index < -0.39 is 0 Å². The molecule has 2 rings (SSSR count). The highest BCUT2D eigenvalue weighted by Gasteiger charge is 2.18. The predicted octanol–water partition coefficient (Wildman–Crippen LogP) is 2.64. The first kappa shape index (κ1) is 11.6. The first-order valence-corrected chi connectivity index (χ1v) is 6.10. The van der Waals surface area contributed by atoms with Gasteiger partial charge < -0.3 is 10.1 Å². The van der Waals surface area contributed by atoms with E-state index in [1.54, 1.807) is 0 Å². The molecule has 0 amide bonds. The van der Waals surface area contributed by atoms with Crippen LogP contribution in [0.4, 0.5) is 0 Å². The lowest BCUT2D eigenvalue weighted by molar-refractivity contribution is 0.123. The Labute approximate surface area is 98.0 Å².